The molecule has 3 rings (SSSR count). The normalized spacial score (nSPS) is 17.5. The molecule has 0 fully saturated rings. The van der Waals surface area contributed by atoms with Crippen LogP contribution in [0, 0.1) is 0 Å². The molecule has 2 amide bonds. The second kappa shape index (κ2) is 5.39. The Bertz CT molecular complexity index is 746. The second-order valence-corrected chi connectivity index (χ2v) is 5.46. The van der Waals surface area contributed by atoms with Crippen molar-refractivity contribution in [1.29, 1.82) is 0 Å². The highest BCUT2D eigenvalue weighted by atomic mass is 35.5. The molecule has 0 saturated heterocycles. The summed E-state index contributed by atoms with van der Waals surface area (Å²) >= 11 is 12.2. The molecular formula is C15H10Cl2N2O2. The molecule has 4 nitrogen and oxygen atoms in total. The van der Waals surface area contributed by atoms with Crippen LogP contribution >= 0.6 is 23.2 Å². The number of benzene rings is 2. The van der Waals surface area contributed by atoms with E-state index in [2.05, 4.69) is 10.6 Å². The van der Waals surface area contributed by atoms with Gasteiger partial charge in [0.05, 0.1) is 6.04 Å². The average molecular weight is 321 g/mol. The molecule has 1 atom stereocenters. The zero-order valence-corrected chi connectivity index (χ0v) is 12.2. The lowest BCUT2D eigenvalue weighted by atomic mass is 9.97. The van der Waals surface area contributed by atoms with Crippen LogP contribution in [0.1, 0.15) is 17.2 Å². The van der Waals surface area contributed by atoms with Crippen molar-refractivity contribution >= 4 is 40.7 Å². The minimum atomic E-state index is -0.716. The first kappa shape index (κ1) is 13.9. The molecule has 0 aliphatic carbocycles. The fourth-order valence-corrected chi connectivity index (χ4v) is 2.72. The summed E-state index contributed by atoms with van der Waals surface area (Å²) in [6.07, 6.45) is 0. The van der Waals surface area contributed by atoms with Gasteiger partial charge in [0.15, 0.2) is 0 Å². The predicted octanol–water partition coefficient (Wildman–Crippen LogP) is 3.15. The number of carbonyl (C=O) groups is 2. The van der Waals surface area contributed by atoms with Gasteiger partial charge in [0, 0.05) is 21.3 Å². The van der Waals surface area contributed by atoms with Crippen molar-refractivity contribution in [2.24, 2.45) is 0 Å². The minimum Gasteiger partial charge on any atom is -0.337 e. The van der Waals surface area contributed by atoms with Crippen molar-refractivity contribution in [2.75, 3.05) is 5.32 Å². The van der Waals surface area contributed by atoms with Gasteiger partial charge < -0.3 is 10.6 Å². The van der Waals surface area contributed by atoms with Crippen molar-refractivity contribution in [3.05, 3.63) is 63.6 Å². The first-order chi connectivity index (χ1) is 10.1. The summed E-state index contributed by atoms with van der Waals surface area (Å²) in [5.74, 6) is -1.43. The Morgan fingerprint density at radius 2 is 1.67 bits per heavy atom. The molecule has 1 aliphatic heterocycles. The maximum atomic E-state index is 11.9. The Hall–Kier alpha value is -2.04. The van der Waals surface area contributed by atoms with Crippen LogP contribution in [-0.4, -0.2) is 11.8 Å². The van der Waals surface area contributed by atoms with E-state index < -0.39 is 17.9 Å². The van der Waals surface area contributed by atoms with E-state index in [4.69, 9.17) is 23.2 Å². The standard InChI is InChI=1S/C15H10Cl2N2O2/c16-8-5-6-12-10(7-8)13(19-15(21)14(20)18-12)9-3-1-2-4-11(9)17/h1-7,13H,(H,18,20)(H,19,21)/t13-/m0/s1. The summed E-state index contributed by atoms with van der Waals surface area (Å²) in [6, 6.07) is 11.6. The Labute approximate surface area is 131 Å². The molecule has 0 aromatic heterocycles. The van der Waals surface area contributed by atoms with Gasteiger partial charge in [-0.25, -0.2) is 0 Å². The maximum absolute atomic E-state index is 11.9. The van der Waals surface area contributed by atoms with Crippen LogP contribution in [0.25, 0.3) is 0 Å². The summed E-state index contributed by atoms with van der Waals surface area (Å²) in [5.41, 5.74) is 1.93. The van der Waals surface area contributed by atoms with E-state index in [0.29, 0.717) is 26.9 Å². The van der Waals surface area contributed by atoms with Gasteiger partial charge in [-0.3, -0.25) is 9.59 Å². The average Bonchev–Trinajstić information content (AvgIpc) is 2.58. The van der Waals surface area contributed by atoms with Gasteiger partial charge in [-0.1, -0.05) is 41.4 Å². The Morgan fingerprint density at radius 1 is 0.905 bits per heavy atom. The minimum absolute atomic E-state index is 0.503. The monoisotopic (exact) mass is 320 g/mol. The Kier molecular flexibility index (Phi) is 3.57. The fourth-order valence-electron chi connectivity index (χ4n) is 2.29. The van der Waals surface area contributed by atoms with Gasteiger partial charge in [-0.2, -0.15) is 0 Å². The smallest absolute Gasteiger partial charge is 0.313 e. The van der Waals surface area contributed by atoms with Crippen molar-refractivity contribution in [2.45, 2.75) is 6.04 Å². The molecule has 1 heterocycles. The molecule has 0 unspecified atom stereocenters. The summed E-state index contributed by atoms with van der Waals surface area (Å²) in [4.78, 5) is 23.6. The number of nitrogens with one attached hydrogen (secondary N) is 2. The van der Waals surface area contributed by atoms with Gasteiger partial charge in [0.25, 0.3) is 0 Å². The Balaban J connectivity index is 2.20. The molecule has 0 bridgehead atoms. The zero-order valence-electron chi connectivity index (χ0n) is 10.7. The molecule has 0 saturated carbocycles. The highest BCUT2D eigenvalue weighted by Crippen LogP contribution is 2.35. The van der Waals surface area contributed by atoms with E-state index in [1.54, 1.807) is 36.4 Å². The van der Waals surface area contributed by atoms with Crippen LogP contribution < -0.4 is 10.6 Å². The van der Waals surface area contributed by atoms with Gasteiger partial charge >= 0.3 is 11.8 Å². The quantitative estimate of drug-likeness (QED) is 0.793. The number of rotatable bonds is 1. The molecule has 2 aromatic carbocycles. The first-order valence-electron chi connectivity index (χ1n) is 6.22. The molecule has 6 heteroatoms. The fraction of sp³-hybridized carbons (Fsp3) is 0.0667. The predicted molar refractivity (Wildman–Crippen MR) is 81.5 cm³/mol. The number of amides is 2. The van der Waals surface area contributed by atoms with Gasteiger partial charge in [0.2, 0.25) is 0 Å². The van der Waals surface area contributed by atoms with E-state index >= 15 is 0 Å². The first-order valence-corrected chi connectivity index (χ1v) is 6.97. The molecule has 0 spiro atoms. The number of halogens is 2. The molecule has 2 aromatic rings. The van der Waals surface area contributed by atoms with Crippen LogP contribution in [0.5, 0.6) is 0 Å². The van der Waals surface area contributed by atoms with E-state index in [9.17, 15) is 9.59 Å². The van der Waals surface area contributed by atoms with Crippen molar-refractivity contribution in [1.82, 2.24) is 5.32 Å². The third kappa shape index (κ3) is 2.60. The van der Waals surface area contributed by atoms with Gasteiger partial charge in [-0.15, -0.1) is 0 Å². The number of carbonyl (C=O) groups excluding carboxylic acids is 2. The van der Waals surface area contributed by atoms with E-state index in [1.807, 2.05) is 6.07 Å². The van der Waals surface area contributed by atoms with Crippen molar-refractivity contribution in [3.8, 4) is 0 Å². The summed E-state index contributed by atoms with van der Waals surface area (Å²) in [5, 5.41) is 6.25. The third-order valence-corrected chi connectivity index (χ3v) is 3.85. The Morgan fingerprint density at radius 3 is 2.43 bits per heavy atom. The highest BCUT2D eigenvalue weighted by Gasteiger charge is 2.29. The van der Waals surface area contributed by atoms with Crippen LogP contribution in [-0.2, 0) is 9.59 Å². The lowest BCUT2D eigenvalue weighted by Crippen LogP contribution is -2.35. The molecule has 0 radical (unpaired) electrons. The van der Waals surface area contributed by atoms with Crippen molar-refractivity contribution < 1.29 is 9.59 Å². The number of fused-ring (bicyclic) bond motifs is 1. The molecule has 2 N–H and O–H groups in total. The largest absolute Gasteiger partial charge is 0.337 e. The SMILES string of the molecule is O=C1Nc2ccc(Cl)cc2[C@H](c2ccccc2Cl)NC1=O. The van der Waals surface area contributed by atoms with Crippen LogP contribution in [0.15, 0.2) is 42.5 Å². The molecular weight excluding hydrogens is 311 g/mol. The van der Waals surface area contributed by atoms with Gasteiger partial charge in [-0.05, 0) is 29.8 Å². The van der Waals surface area contributed by atoms with E-state index in [0.717, 1.165) is 0 Å². The third-order valence-electron chi connectivity index (χ3n) is 3.27. The van der Waals surface area contributed by atoms with Crippen LogP contribution in [0.4, 0.5) is 5.69 Å². The van der Waals surface area contributed by atoms with Gasteiger partial charge in [0.1, 0.15) is 0 Å². The number of hydrogen-bond donors (Lipinski definition) is 2. The number of hydrogen-bond acceptors (Lipinski definition) is 2. The van der Waals surface area contributed by atoms with E-state index in [1.165, 1.54) is 0 Å². The van der Waals surface area contributed by atoms with E-state index in [-0.39, 0.29) is 0 Å². The molecule has 1 aliphatic rings. The lowest BCUT2D eigenvalue weighted by molar-refractivity contribution is -0.136. The molecule has 106 valence electrons. The summed E-state index contributed by atoms with van der Waals surface area (Å²) in [6.45, 7) is 0. The van der Waals surface area contributed by atoms with Crippen molar-refractivity contribution in [3.63, 3.8) is 0 Å². The maximum Gasteiger partial charge on any atom is 0.313 e. The topological polar surface area (TPSA) is 58.2 Å². The lowest BCUT2D eigenvalue weighted by Gasteiger charge is -2.19. The molecule has 21 heavy (non-hydrogen) atoms. The summed E-state index contributed by atoms with van der Waals surface area (Å²) < 4.78 is 0. The van der Waals surface area contributed by atoms with Crippen LogP contribution in [0.3, 0.4) is 0 Å². The highest BCUT2D eigenvalue weighted by molar-refractivity contribution is 6.40. The van der Waals surface area contributed by atoms with Crippen LogP contribution in [0.2, 0.25) is 10.0 Å². The second-order valence-electron chi connectivity index (χ2n) is 4.61. The zero-order chi connectivity index (χ0) is 15.0. The summed E-state index contributed by atoms with van der Waals surface area (Å²) in [7, 11) is 0. The number of anilines is 1.